The van der Waals surface area contributed by atoms with E-state index in [0.29, 0.717) is 87.5 Å². The lowest BCUT2D eigenvalue weighted by Crippen LogP contribution is -2.48. The second-order valence-corrected chi connectivity index (χ2v) is 11.2. The minimum absolute atomic E-state index is 0.0692. The topological polar surface area (TPSA) is 101 Å². The minimum Gasteiger partial charge on any atom is -0.493 e. The molecular formula is C26H35F2N5O4S. The van der Waals surface area contributed by atoms with Crippen molar-refractivity contribution in [1.29, 1.82) is 0 Å². The van der Waals surface area contributed by atoms with Crippen LogP contribution in [0.2, 0.25) is 0 Å². The van der Waals surface area contributed by atoms with Gasteiger partial charge in [0.25, 0.3) is 5.56 Å². The Kier molecular flexibility index (Phi) is 9.16. The number of aromatic nitrogens is 3. The van der Waals surface area contributed by atoms with Crippen LogP contribution in [-0.4, -0.2) is 84.8 Å². The van der Waals surface area contributed by atoms with E-state index in [4.69, 9.17) is 9.72 Å². The van der Waals surface area contributed by atoms with E-state index in [1.165, 1.54) is 16.4 Å². The molecule has 0 unspecified atom stereocenters. The maximum atomic E-state index is 13.5. The number of sulfonamides is 1. The van der Waals surface area contributed by atoms with Gasteiger partial charge in [-0.1, -0.05) is 0 Å². The molecule has 3 aromatic rings. The molecule has 1 aromatic carbocycles. The van der Waals surface area contributed by atoms with Crippen molar-refractivity contribution in [3.8, 4) is 17.1 Å². The van der Waals surface area contributed by atoms with Crippen LogP contribution in [0.1, 0.15) is 32.3 Å². The number of benzene rings is 1. The summed E-state index contributed by atoms with van der Waals surface area (Å²) < 4.78 is 61.5. The highest BCUT2D eigenvalue weighted by molar-refractivity contribution is 7.89. The number of nitrogens with one attached hydrogen (secondary N) is 1. The molecule has 0 radical (unpaired) electrons. The SMILES string of the molecule is CCOc1ccc(S(=O)(=O)N2CCN(CCCF)CC2)cc1-c1nc2c(CCCF)cn(CC)c2c(=O)[nH]1. The molecule has 38 heavy (non-hydrogen) atoms. The van der Waals surface area contributed by atoms with Crippen LogP contribution in [0.5, 0.6) is 5.75 Å². The number of aromatic amines is 1. The fraction of sp³-hybridized carbons (Fsp3) is 0.538. The third-order valence-corrected chi connectivity index (χ3v) is 8.70. The summed E-state index contributed by atoms with van der Waals surface area (Å²) in [6.45, 7) is 6.02. The second-order valence-electron chi connectivity index (χ2n) is 9.22. The van der Waals surface area contributed by atoms with Gasteiger partial charge in [0.1, 0.15) is 17.1 Å². The summed E-state index contributed by atoms with van der Waals surface area (Å²) in [6, 6.07) is 4.56. The normalized spacial score (nSPS) is 15.4. The Bertz CT molecular complexity index is 1410. The first-order valence-electron chi connectivity index (χ1n) is 13.1. The molecule has 208 valence electrons. The van der Waals surface area contributed by atoms with E-state index in [1.54, 1.807) is 10.6 Å². The maximum absolute atomic E-state index is 13.5. The zero-order valence-electron chi connectivity index (χ0n) is 21.9. The third-order valence-electron chi connectivity index (χ3n) is 6.80. The van der Waals surface area contributed by atoms with E-state index in [9.17, 15) is 22.0 Å². The maximum Gasteiger partial charge on any atom is 0.275 e. The first kappa shape index (κ1) is 28.2. The molecule has 1 saturated heterocycles. The lowest BCUT2D eigenvalue weighted by atomic mass is 10.1. The van der Waals surface area contributed by atoms with Crippen LogP contribution in [0.15, 0.2) is 34.1 Å². The lowest BCUT2D eigenvalue weighted by Gasteiger charge is -2.33. The van der Waals surface area contributed by atoms with Gasteiger partial charge in [0.2, 0.25) is 10.0 Å². The molecule has 1 aliphatic heterocycles. The van der Waals surface area contributed by atoms with Crippen molar-refractivity contribution in [2.75, 3.05) is 52.7 Å². The fourth-order valence-electron chi connectivity index (χ4n) is 4.85. The quantitative estimate of drug-likeness (QED) is 0.371. The van der Waals surface area contributed by atoms with E-state index >= 15 is 0 Å². The van der Waals surface area contributed by atoms with Gasteiger partial charge in [-0.2, -0.15) is 4.31 Å². The number of ether oxygens (including phenoxy) is 1. The number of fused-ring (bicyclic) bond motifs is 1. The fourth-order valence-corrected chi connectivity index (χ4v) is 6.30. The van der Waals surface area contributed by atoms with Crippen molar-refractivity contribution in [1.82, 2.24) is 23.7 Å². The molecule has 0 atom stereocenters. The number of piperazine rings is 1. The number of hydrogen-bond acceptors (Lipinski definition) is 6. The zero-order valence-corrected chi connectivity index (χ0v) is 22.7. The van der Waals surface area contributed by atoms with E-state index < -0.39 is 23.4 Å². The van der Waals surface area contributed by atoms with Gasteiger partial charge in [-0.15, -0.1) is 0 Å². The summed E-state index contributed by atoms with van der Waals surface area (Å²) in [7, 11) is -3.83. The van der Waals surface area contributed by atoms with Crippen LogP contribution in [0.4, 0.5) is 8.78 Å². The summed E-state index contributed by atoms with van der Waals surface area (Å²) in [5, 5.41) is 0. The lowest BCUT2D eigenvalue weighted by molar-refractivity contribution is 0.182. The second kappa shape index (κ2) is 12.4. The van der Waals surface area contributed by atoms with Gasteiger partial charge in [0.05, 0.1) is 35.9 Å². The van der Waals surface area contributed by atoms with Gasteiger partial charge >= 0.3 is 0 Å². The highest BCUT2D eigenvalue weighted by Crippen LogP contribution is 2.32. The molecule has 0 bridgehead atoms. The highest BCUT2D eigenvalue weighted by Gasteiger charge is 2.29. The molecule has 0 aliphatic carbocycles. The van der Waals surface area contributed by atoms with Crippen LogP contribution in [0, 0.1) is 0 Å². The molecule has 12 heteroatoms. The number of nitrogens with zero attached hydrogens (tertiary/aromatic N) is 4. The van der Waals surface area contributed by atoms with E-state index in [1.807, 2.05) is 20.0 Å². The Balaban J connectivity index is 1.74. The molecule has 0 amide bonds. The Morgan fingerprint density at radius 3 is 2.47 bits per heavy atom. The number of aryl methyl sites for hydroxylation is 2. The Morgan fingerprint density at radius 1 is 1.08 bits per heavy atom. The first-order chi connectivity index (χ1) is 18.3. The Morgan fingerprint density at radius 2 is 1.82 bits per heavy atom. The van der Waals surface area contributed by atoms with Crippen LogP contribution >= 0.6 is 0 Å². The Labute approximate surface area is 221 Å². The van der Waals surface area contributed by atoms with Crippen molar-refractivity contribution in [2.45, 2.75) is 44.6 Å². The molecule has 2 aromatic heterocycles. The largest absolute Gasteiger partial charge is 0.493 e. The summed E-state index contributed by atoms with van der Waals surface area (Å²) in [4.78, 5) is 22.8. The molecule has 3 heterocycles. The van der Waals surface area contributed by atoms with Gasteiger partial charge in [-0.25, -0.2) is 13.4 Å². The number of alkyl halides is 2. The van der Waals surface area contributed by atoms with E-state index in [2.05, 4.69) is 9.88 Å². The van der Waals surface area contributed by atoms with Crippen molar-refractivity contribution in [3.05, 3.63) is 40.3 Å². The number of hydrogen-bond donors (Lipinski definition) is 1. The predicted octanol–water partition coefficient (Wildman–Crippen LogP) is 3.38. The number of rotatable bonds is 12. The average molecular weight is 552 g/mol. The summed E-state index contributed by atoms with van der Waals surface area (Å²) >= 11 is 0. The van der Waals surface area contributed by atoms with Crippen LogP contribution in [-0.2, 0) is 23.0 Å². The third kappa shape index (κ3) is 5.76. The van der Waals surface area contributed by atoms with Crippen molar-refractivity contribution >= 4 is 21.1 Å². The Hall–Kier alpha value is -2.83. The molecule has 0 spiro atoms. The summed E-state index contributed by atoms with van der Waals surface area (Å²) in [5.41, 5.74) is 1.63. The van der Waals surface area contributed by atoms with Gasteiger partial charge in [0, 0.05) is 45.5 Å². The summed E-state index contributed by atoms with van der Waals surface area (Å²) in [5.74, 6) is 0.583. The number of H-pyrrole nitrogens is 1. The summed E-state index contributed by atoms with van der Waals surface area (Å²) in [6.07, 6.45) is 3.00. The highest BCUT2D eigenvalue weighted by atomic mass is 32.2. The predicted molar refractivity (Wildman–Crippen MR) is 143 cm³/mol. The number of halogens is 2. The molecule has 9 nitrogen and oxygen atoms in total. The molecular weight excluding hydrogens is 516 g/mol. The van der Waals surface area contributed by atoms with Gasteiger partial charge in [-0.3, -0.25) is 13.6 Å². The van der Waals surface area contributed by atoms with Gasteiger partial charge in [-0.05, 0) is 56.9 Å². The average Bonchev–Trinajstić information content (AvgIpc) is 3.29. The van der Waals surface area contributed by atoms with Crippen molar-refractivity contribution < 1.29 is 21.9 Å². The minimum atomic E-state index is -3.83. The molecule has 4 rings (SSSR count). The van der Waals surface area contributed by atoms with E-state index in [-0.39, 0.29) is 16.3 Å². The van der Waals surface area contributed by atoms with E-state index in [0.717, 1.165) is 5.56 Å². The molecule has 1 fully saturated rings. The molecule has 0 saturated carbocycles. The van der Waals surface area contributed by atoms with Gasteiger partial charge in [0.15, 0.2) is 0 Å². The van der Waals surface area contributed by atoms with Crippen molar-refractivity contribution in [2.24, 2.45) is 0 Å². The first-order valence-corrected chi connectivity index (χ1v) is 14.5. The van der Waals surface area contributed by atoms with Crippen LogP contribution in [0.3, 0.4) is 0 Å². The van der Waals surface area contributed by atoms with Gasteiger partial charge < -0.3 is 19.2 Å². The van der Waals surface area contributed by atoms with Crippen molar-refractivity contribution in [3.63, 3.8) is 0 Å². The standard InChI is InChI=1S/C26H35F2N5O4S/c1-3-32-18-19(7-5-10-27)23-24(32)26(34)30-25(29-23)21-17-20(8-9-22(21)37-4-2)38(35,36)33-15-13-31(14-16-33)12-6-11-28/h8-9,17-18H,3-7,10-16H2,1-2H3,(H,29,30,34). The molecule has 1 aliphatic rings. The van der Waals surface area contributed by atoms with Crippen LogP contribution < -0.4 is 10.3 Å². The zero-order chi connectivity index (χ0) is 27.3. The van der Waals surface area contributed by atoms with Crippen LogP contribution in [0.25, 0.3) is 22.4 Å². The smallest absolute Gasteiger partial charge is 0.275 e. The molecule has 1 N–H and O–H groups in total. The monoisotopic (exact) mass is 551 g/mol.